The number of aromatic amines is 2. The molecule has 138 valence electrons. The maximum Gasteiger partial charge on any atom is 0.255 e. The van der Waals surface area contributed by atoms with E-state index < -0.39 is 5.54 Å². The van der Waals surface area contributed by atoms with Gasteiger partial charge in [-0.3, -0.25) is 9.89 Å². The van der Waals surface area contributed by atoms with Gasteiger partial charge in [-0.15, -0.1) is 0 Å². The minimum atomic E-state index is -0.776. The van der Waals surface area contributed by atoms with E-state index in [2.05, 4.69) is 30.5 Å². The normalized spacial score (nSPS) is 12.0. The number of nitrogens with one attached hydrogen (secondary N) is 3. The van der Waals surface area contributed by atoms with E-state index in [0.29, 0.717) is 39.0 Å². The number of hydrogen-bond acceptors (Lipinski definition) is 5. The van der Waals surface area contributed by atoms with Crippen molar-refractivity contribution in [2.24, 2.45) is 0 Å². The van der Waals surface area contributed by atoms with E-state index in [1.165, 1.54) is 24.5 Å². The van der Waals surface area contributed by atoms with Gasteiger partial charge < -0.3 is 15.4 Å². The second-order valence-electron chi connectivity index (χ2n) is 6.91. The molecule has 0 unspecified atom stereocenters. The summed E-state index contributed by atoms with van der Waals surface area (Å²) in [6.07, 6.45) is 3.03. The van der Waals surface area contributed by atoms with Crippen LogP contribution in [-0.2, 0) is 0 Å². The molecule has 9 heteroatoms. The third-order valence-electron chi connectivity index (χ3n) is 4.24. The van der Waals surface area contributed by atoms with Crippen LogP contribution in [0, 0.1) is 5.82 Å². The number of aromatic nitrogens is 5. The van der Waals surface area contributed by atoms with E-state index in [9.17, 15) is 14.3 Å². The minimum absolute atomic E-state index is 0.206. The Kier molecular flexibility index (Phi) is 3.88. The maximum absolute atomic E-state index is 13.6. The predicted octanol–water partition coefficient (Wildman–Crippen LogP) is 2.14. The average Bonchev–Trinajstić information content (AvgIpc) is 3.24. The van der Waals surface area contributed by atoms with Crippen molar-refractivity contribution in [1.82, 2.24) is 30.5 Å². The Morgan fingerprint density at radius 1 is 1.37 bits per heavy atom. The van der Waals surface area contributed by atoms with Crippen molar-refractivity contribution in [1.29, 1.82) is 0 Å². The summed E-state index contributed by atoms with van der Waals surface area (Å²) in [5, 5.41) is 19.7. The van der Waals surface area contributed by atoms with Crippen molar-refractivity contribution in [3.05, 3.63) is 42.0 Å². The van der Waals surface area contributed by atoms with Gasteiger partial charge in [0.1, 0.15) is 22.7 Å². The summed E-state index contributed by atoms with van der Waals surface area (Å²) in [5.41, 5.74) is 1.86. The van der Waals surface area contributed by atoms with Crippen molar-refractivity contribution < 1.29 is 14.3 Å². The van der Waals surface area contributed by atoms with Crippen molar-refractivity contribution in [3.8, 4) is 11.4 Å². The number of amides is 1. The highest BCUT2D eigenvalue weighted by Crippen LogP contribution is 2.27. The molecule has 3 aromatic heterocycles. The smallest absolute Gasteiger partial charge is 0.255 e. The van der Waals surface area contributed by atoms with Crippen LogP contribution in [0.5, 0.6) is 0 Å². The third kappa shape index (κ3) is 3.02. The van der Waals surface area contributed by atoms with Gasteiger partial charge in [-0.05, 0) is 32.0 Å². The van der Waals surface area contributed by atoms with Gasteiger partial charge in [0.2, 0.25) is 0 Å². The summed E-state index contributed by atoms with van der Waals surface area (Å²) in [7, 11) is 0. The van der Waals surface area contributed by atoms with Gasteiger partial charge in [0.15, 0.2) is 5.65 Å². The van der Waals surface area contributed by atoms with Crippen LogP contribution in [0.15, 0.2) is 30.6 Å². The highest BCUT2D eigenvalue weighted by molar-refractivity contribution is 6.05. The summed E-state index contributed by atoms with van der Waals surface area (Å²) < 4.78 is 13.6. The van der Waals surface area contributed by atoms with Gasteiger partial charge in [0, 0.05) is 11.6 Å². The third-order valence-corrected chi connectivity index (χ3v) is 4.24. The average molecular weight is 368 g/mol. The highest BCUT2D eigenvalue weighted by Gasteiger charge is 2.23. The van der Waals surface area contributed by atoms with Crippen molar-refractivity contribution in [2.45, 2.75) is 19.4 Å². The van der Waals surface area contributed by atoms with Gasteiger partial charge >= 0.3 is 0 Å². The van der Waals surface area contributed by atoms with Crippen LogP contribution in [0.4, 0.5) is 4.39 Å². The lowest BCUT2D eigenvalue weighted by Crippen LogP contribution is -2.46. The Balaban J connectivity index is 1.80. The molecule has 4 aromatic rings. The molecule has 0 radical (unpaired) electrons. The van der Waals surface area contributed by atoms with Crippen LogP contribution in [0.2, 0.25) is 0 Å². The summed E-state index contributed by atoms with van der Waals surface area (Å²) in [4.78, 5) is 24.3. The molecule has 1 amide bonds. The lowest BCUT2D eigenvalue weighted by molar-refractivity contribution is 0.0871. The molecule has 0 atom stereocenters. The zero-order valence-corrected chi connectivity index (χ0v) is 14.7. The molecule has 4 N–H and O–H groups in total. The first-order valence-electron chi connectivity index (χ1n) is 8.29. The van der Waals surface area contributed by atoms with Gasteiger partial charge in [-0.2, -0.15) is 5.10 Å². The number of carbonyl (C=O) groups excluding carboxylic acids is 1. The van der Waals surface area contributed by atoms with Crippen molar-refractivity contribution in [3.63, 3.8) is 0 Å². The summed E-state index contributed by atoms with van der Waals surface area (Å²) >= 11 is 0. The molecule has 0 aliphatic heterocycles. The molecule has 0 aliphatic carbocycles. The largest absolute Gasteiger partial charge is 0.394 e. The number of H-pyrrole nitrogens is 2. The number of halogens is 1. The molecule has 8 nitrogen and oxygen atoms in total. The number of benzene rings is 1. The van der Waals surface area contributed by atoms with Crippen LogP contribution in [0.3, 0.4) is 0 Å². The molecule has 0 spiro atoms. The first-order chi connectivity index (χ1) is 12.9. The van der Waals surface area contributed by atoms with Crippen LogP contribution >= 0.6 is 0 Å². The van der Waals surface area contributed by atoms with Crippen molar-refractivity contribution >= 4 is 28.0 Å². The molecule has 0 fully saturated rings. The number of aliphatic hydroxyl groups excluding tert-OH is 1. The Morgan fingerprint density at radius 3 is 2.96 bits per heavy atom. The number of carbonyl (C=O) groups is 1. The fraction of sp³-hybridized carbons (Fsp3) is 0.222. The summed E-state index contributed by atoms with van der Waals surface area (Å²) in [6.45, 7) is 3.21. The van der Waals surface area contributed by atoms with Crippen LogP contribution in [0.25, 0.3) is 33.5 Å². The first-order valence-corrected chi connectivity index (χ1v) is 8.29. The first kappa shape index (κ1) is 17.1. The standard InChI is InChI=1S/C18H17FN6O2/c1-18(2,8-26)23-17(27)11-6-20-16-15(11)22-13(7-21-16)14-10-5-9(19)3-4-12(10)24-25-14/h3-7,26H,8H2,1-2H3,(H,20,21)(H,23,27)(H,24,25). The number of rotatable bonds is 4. The van der Waals surface area contributed by atoms with E-state index in [0.717, 1.165) is 0 Å². The van der Waals surface area contributed by atoms with E-state index in [-0.39, 0.29) is 18.3 Å². The minimum Gasteiger partial charge on any atom is -0.394 e. The Bertz CT molecular complexity index is 1160. The molecule has 0 aliphatic rings. The Hall–Kier alpha value is -3.33. The maximum atomic E-state index is 13.6. The van der Waals surface area contributed by atoms with Gasteiger partial charge in [-0.1, -0.05) is 0 Å². The van der Waals surface area contributed by atoms with Gasteiger partial charge in [0.05, 0.1) is 29.4 Å². The SMILES string of the molecule is CC(C)(CO)NC(=O)c1c[nH]c2ncc(-c3n[nH]c4ccc(F)cc34)nc12. The topological polar surface area (TPSA) is 120 Å². The van der Waals surface area contributed by atoms with E-state index in [4.69, 9.17) is 0 Å². The molecular formula is C18H17FN6O2. The lowest BCUT2D eigenvalue weighted by atomic mass is 10.1. The molecule has 0 saturated heterocycles. The summed E-state index contributed by atoms with van der Waals surface area (Å²) in [6, 6.07) is 4.31. The molecule has 1 aromatic carbocycles. The second-order valence-corrected chi connectivity index (χ2v) is 6.91. The monoisotopic (exact) mass is 368 g/mol. The molecule has 4 rings (SSSR count). The number of hydrogen-bond donors (Lipinski definition) is 4. The quantitative estimate of drug-likeness (QED) is 0.440. The zero-order chi connectivity index (χ0) is 19.2. The van der Waals surface area contributed by atoms with Crippen LogP contribution < -0.4 is 5.32 Å². The molecule has 0 bridgehead atoms. The zero-order valence-electron chi connectivity index (χ0n) is 14.7. The lowest BCUT2D eigenvalue weighted by Gasteiger charge is -2.23. The molecule has 3 heterocycles. The van der Waals surface area contributed by atoms with Crippen molar-refractivity contribution in [2.75, 3.05) is 6.61 Å². The highest BCUT2D eigenvalue weighted by atomic mass is 19.1. The number of fused-ring (bicyclic) bond motifs is 2. The molecular weight excluding hydrogens is 351 g/mol. The Morgan fingerprint density at radius 2 is 2.19 bits per heavy atom. The van der Waals surface area contributed by atoms with Crippen LogP contribution in [-0.4, -0.2) is 48.3 Å². The summed E-state index contributed by atoms with van der Waals surface area (Å²) in [5.74, 6) is -0.767. The second kappa shape index (κ2) is 6.13. The fourth-order valence-electron chi connectivity index (χ4n) is 2.77. The van der Waals surface area contributed by atoms with Gasteiger partial charge in [0.25, 0.3) is 5.91 Å². The molecule has 27 heavy (non-hydrogen) atoms. The Labute approximate surface area is 152 Å². The predicted molar refractivity (Wildman–Crippen MR) is 97.6 cm³/mol. The fourth-order valence-corrected chi connectivity index (χ4v) is 2.77. The van der Waals surface area contributed by atoms with E-state index in [1.54, 1.807) is 19.9 Å². The van der Waals surface area contributed by atoms with Gasteiger partial charge in [-0.25, -0.2) is 14.4 Å². The van der Waals surface area contributed by atoms with E-state index >= 15 is 0 Å². The van der Waals surface area contributed by atoms with Crippen LogP contribution in [0.1, 0.15) is 24.2 Å². The molecule has 0 saturated carbocycles. The number of aliphatic hydroxyl groups is 1. The van der Waals surface area contributed by atoms with E-state index in [1.807, 2.05) is 0 Å². The number of nitrogens with zero attached hydrogens (tertiary/aromatic N) is 3.